The third-order valence-electron chi connectivity index (χ3n) is 3.75. The van der Waals surface area contributed by atoms with Crippen LogP contribution in [0.4, 0.5) is 5.69 Å². The minimum atomic E-state index is -3.63. The number of hydrogen-bond donors (Lipinski definition) is 1. The van der Waals surface area contributed by atoms with Crippen LogP contribution in [-0.4, -0.2) is 45.9 Å². The maximum absolute atomic E-state index is 12.5. The van der Waals surface area contributed by atoms with Crippen molar-refractivity contribution in [2.24, 2.45) is 0 Å². The molecule has 6 nitrogen and oxygen atoms in total. The number of ether oxygens (including phenoxy) is 1. The Balaban J connectivity index is 2.16. The molecule has 2 rings (SSSR count). The third kappa shape index (κ3) is 4.66. The Morgan fingerprint density at radius 1 is 1.28 bits per heavy atom. The average molecular weight is 383 g/mol. The summed E-state index contributed by atoms with van der Waals surface area (Å²) in [6.45, 7) is 4.45. The highest BCUT2D eigenvalue weighted by atomic mass is 32.2. The highest BCUT2D eigenvalue weighted by Crippen LogP contribution is 2.24. The lowest BCUT2D eigenvalue weighted by atomic mass is 10.1. The fourth-order valence-electron chi connectivity index (χ4n) is 2.23. The van der Waals surface area contributed by atoms with Crippen molar-refractivity contribution in [3.8, 4) is 0 Å². The monoisotopic (exact) mass is 382 g/mol. The van der Waals surface area contributed by atoms with Gasteiger partial charge in [-0.25, -0.2) is 8.42 Å². The van der Waals surface area contributed by atoms with E-state index in [1.807, 2.05) is 32.0 Å². The smallest absolute Gasteiger partial charge is 0.265 e. The summed E-state index contributed by atoms with van der Waals surface area (Å²) < 4.78 is 31.1. The number of nitrogens with one attached hydrogen (secondary N) is 1. The number of sulfonamides is 1. The summed E-state index contributed by atoms with van der Waals surface area (Å²) >= 11 is 1.10. The summed E-state index contributed by atoms with van der Waals surface area (Å²) in [5.41, 5.74) is 2.78. The molecule has 0 radical (unpaired) electrons. The van der Waals surface area contributed by atoms with Gasteiger partial charge < -0.3 is 10.1 Å². The summed E-state index contributed by atoms with van der Waals surface area (Å²) in [5, 5.41) is 4.31. The summed E-state index contributed by atoms with van der Waals surface area (Å²) in [6, 6.07) is 7.14. The maximum atomic E-state index is 12.5. The molecule has 25 heavy (non-hydrogen) atoms. The molecule has 0 fully saturated rings. The molecular weight excluding hydrogens is 360 g/mol. The SMILES string of the molecule is COCCN(C)S(=O)(=O)c1csc(C(=O)Nc2ccc(C)cc2C)c1. The van der Waals surface area contributed by atoms with Gasteiger partial charge in [-0.1, -0.05) is 17.7 Å². The van der Waals surface area contributed by atoms with E-state index in [1.54, 1.807) is 0 Å². The number of nitrogens with zero attached hydrogens (tertiary/aromatic N) is 1. The number of thiophene rings is 1. The number of carbonyl (C=O) groups excluding carboxylic acids is 1. The number of amides is 1. The van der Waals surface area contributed by atoms with E-state index in [2.05, 4.69) is 5.32 Å². The number of likely N-dealkylation sites (N-methyl/N-ethyl adjacent to an activating group) is 1. The van der Waals surface area contributed by atoms with E-state index in [0.29, 0.717) is 17.2 Å². The predicted molar refractivity (Wildman–Crippen MR) is 99.9 cm³/mol. The Hall–Kier alpha value is -1.74. The van der Waals surface area contributed by atoms with Gasteiger partial charge in [0.2, 0.25) is 10.0 Å². The van der Waals surface area contributed by atoms with Crippen molar-refractivity contribution in [2.45, 2.75) is 18.7 Å². The molecule has 0 unspecified atom stereocenters. The Morgan fingerprint density at radius 3 is 2.64 bits per heavy atom. The van der Waals surface area contributed by atoms with E-state index in [4.69, 9.17) is 4.74 Å². The molecular formula is C17H22N2O4S2. The topological polar surface area (TPSA) is 75.7 Å². The second-order valence-corrected chi connectivity index (χ2v) is 8.69. The molecule has 8 heteroatoms. The van der Waals surface area contributed by atoms with Gasteiger partial charge in [0.05, 0.1) is 16.4 Å². The maximum Gasteiger partial charge on any atom is 0.265 e. The molecule has 0 aliphatic rings. The molecule has 1 N–H and O–H groups in total. The molecule has 1 aromatic carbocycles. The lowest BCUT2D eigenvalue weighted by Crippen LogP contribution is -2.29. The van der Waals surface area contributed by atoms with Gasteiger partial charge in [0.25, 0.3) is 5.91 Å². The van der Waals surface area contributed by atoms with Crippen molar-refractivity contribution in [2.75, 3.05) is 32.6 Å². The lowest BCUT2D eigenvalue weighted by molar-refractivity contribution is 0.103. The van der Waals surface area contributed by atoms with Crippen LogP contribution >= 0.6 is 11.3 Å². The highest BCUT2D eigenvalue weighted by molar-refractivity contribution is 7.89. The van der Waals surface area contributed by atoms with Crippen LogP contribution in [0.25, 0.3) is 0 Å². The molecule has 2 aromatic rings. The van der Waals surface area contributed by atoms with Crippen LogP contribution in [0.1, 0.15) is 20.8 Å². The van der Waals surface area contributed by atoms with Crippen molar-refractivity contribution in [1.29, 1.82) is 0 Å². The molecule has 136 valence electrons. The van der Waals surface area contributed by atoms with E-state index in [0.717, 1.165) is 22.5 Å². The van der Waals surface area contributed by atoms with Crippen molar-refractivity contribution >= 4 is 33.0 Å². The first-order valence-electron chi connectivity index (χ1n) is 7.68. The summed E-state index contributed by atoms with van der Waals surface area (Å²) in [7, 11) is -0.625. The van der Waals surface area contributed by atoms with Gasteiger partial charge in [0, 0.05) is 31.8 Å². The fourth-order valence-corrected chi connectivity index (χ4v) is 4.54. The molecule has 0 saturated carbocycles. The first-order valence-corrected chi connectivity index (χ1v) is 10.00. The van der Waals surface area contributed by atoms with E-state index >= 15 is 0 Å². The summed E-state index contributed by atoms with van der Waals surface area (Å²) in [5.74, 6) is -0.321. The predicted octanol–water partition coefficient (Wildman–Crippen LogP) is 2.88. The number of carbonyl (C=O) groups is 1. The minimum Gasteiger partial charge on any atom is -0.383 e. The normalized spacial score (nSPS) is 11.7. The second kappa shape index (κ2) is 8.09. The molecule has 1 heterocycles. The van der Waals surface area contributed by atoms with E-state index in [1.165, 1.54) is 29.9 Å². The van der Waals surface area contributed by atoms with Crippen LogP contribution < -0.4 is 5.32 Å². The van der Waals surface area contributed by atoms with E-state index < -0.39 is 10.0 Å². The molecule has 1 aromatic heterocycles. The third-order valence-corrected chi connectivity index (χ3v) is 6.66. The Labute approximate surface area is 152 Å². The van der Waals surface area contributed by atoms with Gasteiger partial charge in [0.1, 0.15) is 0 Å². The molecule has 0 spiro atoms. The number of aryl methyl sites for hydroxylation is 2. The van der Waals surface area contributed by atoms with Crippen LogP contribution in [0.3, 0.4) is 0 Å². The van der Waals surface area contributed by atoms with Gasteiger partial charge in [-0.2, -0.15) is 4.31 Å². The van der Waals surface area contributed by atoms with Crippen LogP contribution in [0.15, 0.2) is 34.5 Å². The summed E-state index contributed by atoms with van der Waals surface area (Å²) in [6.07, 6.45) is 0. The average Bonchev–Trinajstić information content (AvgIpc) is 3.06. The largest absolute Gasteiger partial charge is 0.383 e. The zero-order valence-electron chi connectivity index (χ0n) is 14.7. The first-order chi connectivity index (χ1) is 11.8. The van der Waals surface area contributed by atoms with E-state index in [9.17, 15) is 13.2 Å². The molecule has 0 saturated heterocycles. The number of rotatable bonds is 7. The minimum absolute atomic E-state index is 0.113. The molecule has 0 bridgehead atoms. The molecule has 0 atom stereocenters. The number of anilines is 1. The second-order valence-electron chi connectivity index (χ2n) is 5.74. The van der Waals surface area contributed by atoms with Gasteiger partial charge >= 0.3 is 0 Å². The van der Waals surface area contributed by atoms with Crippen molar-refractivity contribution in [1.82, 2.24) is 4.31 Å². The van der Waals surface area contributed by atoms with Gasteiger partial charge in [-0.3, -0.25) is 4.79 Å². The van der Waals surface area contributed by atoms with Crippen LogP contribution in [0.2, 0.25) is 0 Å². The first kappa shape index (κ1) is 19.6. The van der Waals surface area contributed by atoms with Crippen molar-refractivity contribution < 1.29 is 17.9 Å². The fraction of sp³-hybridized carbons (Fsp3) is 0.353. The van der Waals surface area contributed by atoms with Gasteiger partial charge in [-0.05, 0) is 31.5 Å². The van der Waals surface area contributed by atoms with Crippen LogP contribution in [0, 0.1) is 13.8 Å². The molecule has 1 amide bonds. The molecule has 0 aliphatic carbocycles. The van der Waals surface area contributed by atoms with Crippen molar-refractivity contribution in [3.63, 3.8) is 0 Å². The van der Waals surface area contributed by atoms with Crippen LogP contribution in [-0.2, 0) is 14.8 Å². The number of methoxy groups -OCH3 is 1. The van der Waals surface area contributed by atoms with Gasteiger partial charge in [-0.15, -0.1) is 11.3 Å². The van der Waals surface area contributed by atoms with E-state index in [-0.39, 0.29) is 17.3 Å². The summed E-state index contributed by atoms with van der Waals surface area (Å²) in [4.78, 5) is 12.9. The van der Waals surface area contributed by atoms with Crippen molar-refractivity contribution in [3.05, 3.63) is 45.6 Å². The highest BCUT2D eigenvalue weighted by Gasteiger charge is 2.23. The quantitative estimate of drug-likeness (QED) is 0.799. The zero-order valence-corrected chi connectivity index (χ0v) is 16.3. The Kier molecular flexibility index (Phi) is 6.34. The lowest BCUT2D eigenvalue weighted by Gasteiger charge is -2.15. The zero-order chi connectivity index (χ0) is 18.6. The van der Waals surface area contributed by atoms with Crippen LogP contribution in [0.5, 0.6) is 0 Å². The number of hydrogen-bond acceptors (Lipinski definition) is 5. The standard InChI is InChI=1S/C17H22N2O4S2/c1-12-5-6-15(13(2)9-12)18-17(20)16-10-14(11-24-16)25(21,22)19(3)7-8-23-4/h5-6,9-11H,7-8H2,1-4H3,(H,18,20). The Morgan fingerprint density at radius 2 is 2.00 bits per heavy atom. The molecule has 0 aliphatic heterocycles. The van der Waals surface area contributed by atoms with Gasteiger partial charge in [0.15, 0.2) is 0 Å². The number of benzene rings is 1. The Bertz CT molecular complexity index is 859.